The lowest BCUT2D eigenvalue weighted by Crippen LogP contribution is -1.84. The minimum Gasteiger partial charge on any atom is -0.504 e. The highest BCUT2D eigenvalue weighted by Crippen LogP contribution is 2.13. The summed E-state index contributed by atoms with van der Waals surface area (Å²) in [6.07, 6.45) is 6.23. The summed E-state index contributed by atoms with van der Waals surface area (Å²) in [6, 6.07) is 0. The Morgan fingerprint density at radius 3 is 3.10 bits per heavy atom. The molecular formula is C6H5N3O. The molecule has 2 aromatic rings. The average Bonchev–Trinajstić information content (AvgIpc) is 2.34. The normalized spacial score (nSPS) is 10.4. The Hall–Kier alpha value is -1.58. The van der Waals surface area contributed by atoms with E-state index in [2.05, 4.69) is 10.1 Å². The second-order valence-electron chi connectivity index (χ2n) is 1.94. The molecular weight excluding hydrogens is 130 g/mol. The van der Waals surface area contributed by atoms with Crippen molar-refractivity contribution in [1.82, 2.24) is 14.6 Å². The molecule has 0 atom stereocenters. The van der Waals surface area contributed by atoms with Crippen LogP contribution in [0.1, 0.15) is 0 Å². The third kappa shape index (κ3) is 0.556. The molecule has 4 nitrogen and oxygen atoms in total. The number of rotatable bonds is 0. The molecule has 0 aromatic carbocycles. The van der Waals surface area contributed by atoms with Gasteiger partial charge in [-0.05, 0) is 0 Å². The largest absolute Gasteiger partial charge is 0.504 e. The van der Waals surface area contributed by atoms with Gasteiger partial charge in [-0.1, -0.05) is 0 Å². The highest BCUT2D eigenvalue weighted by molar-refractivity contribution is 5.55. The highest BCUT2D eigenvalue weighted by Gasteiger charge is 1.97. The van der Waals surface area contributed by atoms with E-state index in [9.17, 15) is 0 Å². The van der Waals surface area contributed by atoms with E-state index >= 15 is 0 Å². The van der Waals surface area contributed by atoms with Crippen LogP contribution in [0.4, 0.5) is 0 Å². The summed E-state index contributed by atoms with van der Waals surface area (Å²) in [4.78, 5) is 3.83. The maximum Gasteiger partial charge on any atom is 0.163 e. The predicted molar refractivity (Wildman–Crippen MR) is 34.7 cm³/mol. The Labute approximate surface area is 56.8 Å². The van der Waals surface area contributed by atoms with Crippen molar-refractivity contribution in [3.05, 3.63) is 24.8 Å². The van der Waals surface area contributed by atoms with E-state index in [1.165, 1.54) is 6.20 Å². The van der Waals surface area contributed by atoms with Gasteiger partial charge in [0.05, 0.1) is 12.4 Å². The maximum atomic E-state index is 9.09. The zero-order chi connectivity index (χ0) is 6.97. The maximum absolute atomic E-state index is 9.09. The average molecular weight is 135 g/mol. The molecule has 0 bridgehead atoms. The van der Waals surface area contributed by atoms with Crippen molar-refractivity contribution in [2.45, 2.75) is 0 Å². The molecule has 0 aliphatic rings. The second kappa shape index (κ2) is 1.70. The number of aromatic nitrogens is 3. The van der Waals surface area contributed by atoms with Gasteiger partial charge in [0.25, 0.3) is 0 Å². The second-order valence-corrected chi connectivity index (χ2v) is 1.94. The van der Waals surface area contributed by atoms with Crippen molar-refractivity contribution in [2.24, 2.45) is 0 Å². The van der Waals surface area contributed by atoms with Crippen molar-refractivity contribution < 1.29 is 5.11 Å². The Kier molecular flexibility index (Phi) is 0.887. The number of fused-ring (bicyclic) bond motifs is 1. The molecule has 10 heavy (non-hydrogen) atoms. The molecule has 50 valence electrons. The first-order chi connectivity index (χ1) is 4.88. The summed E-state index contributed by atoms with van der Waals surface area (Å²) in [5.41, 5.74) is 0.627. The molecule has 2 aromatic heterocycles. The van der Waals surface area contributed by atoms with Gasteiger partial charge in [-0.15, -0.1) is 0 Å². The van der Waals surface area contributed by atoms with Crippen LogP contribution in [0.5, 0.6) is 5.75 Å². The summed E-state index contributed by atoms with van der Waals surface area (Å²) < 4.78 is 1.56. The van der Waals surface area contributed by atoms with Crippen molar-refractivity contribution in [3.8, 4) is 5.75 Å². The summed E-state index contributed by atoms with van der Waals surface area (Å²) in [5, 5.41) is 12.9. The van der Waals surface area contributed by atoms with Gasteiger partial charge in [-0.3, -0.25) is 4.98 Å². The third-order valence-corrected chi connectivity index (χ3v) is 1.30. The van der Waals surface area contributed by atoms with E-state index in [4.69, 9.17) is 5.11 Å². The van der Waals surface area contributed by atoms with Gasteiger partial charge in [-0.25, -0.2) is 4.52 Å². The molecule has 0 radical (unpaired) electrons. The minimum atomic E-state index is 0.160. The number of nitrogens with zero attached hydrogens (tertiary/aromatic N) is 3. The Balaban J connectivity index is 2.93. The van der Waals surface area contributed by atoms with Crippen LogP contribution in [0.25, 0.3) is 5.52 Å². The lowest BCUT2D eigenvalue weighted by molar-refractivity contribution is 0.481. The third-order valence-electron chi connectivity index (χ3n) is 1.30. The Morgan fingerprint density at radius 2 is 2.30 bits per heavy atom. The molecule has 0 fully saturated rings. The zero-order valence-electron chi connectivity index (χ0n) is 5.10. The van der Waals surface area contributed by atoms with Crippen LogP contribution in [0, 0.1) is 0 Å². The summed E-state index contributed by atoms with van der Waals surface area (Å²) >= 11 is 0. The SMILES string of the molecule is Oc1cnn2ccncc12. The van der Waals surface area contributed by atoms with Crippen LogP contribution in [0.2, 0.25) is 0 Å². The molecule has 0 aliphatic heterocycles. The number of aromatic hydroxyl groups is 1. The van der Waals surface area contributed by atoms with Crippen LogP contribution in [0.3, 0.4) is 0 Å². The summed E-state index contributed by atoms with van der Waals surface area (Å²) in [6.45, 7) is 0. The molecule has 1 N–H and O–H groups in total. The van der Waals surface area contributed by atoms with E-state index in [1.54, 1.807) is 23.1 Å². The van der Waals surface area contributed by atoms with E-state index in [-0.39, 0.29) is 5.75 Å². The van der Waals surface area contributed by atoms with E-state index < -0.39 is 0 Å². The Bertz CT molecular complexity index is 355. The molecule has 4 heteroatoms. The van der Waals surface area contributed by atoms with Gasteiger partial charge >= 0.3 is 0 Å². The Morgan fingerprint density at radius 1 is 1.40 bits per heavy atom. The van der Waals surface area contributed by atoms with Crippen molar-refractivity contribution in [2.75, 3.05) is 0 Å². The summed E-state index contributed by atoms with van der Waals surface area (Å²) in [7, 11) is 0. The van der Waals surface area contributed by atoms with Gasteiger partial charge in [-0.2, -0.15) is 5.10 Å². The predicted octanol–water partition coefficient (Wildman–Crippen LogP) is 0.435. The summed E-state index contributed by atoms with van der Waals surface area (Å²) in [5.74, 6) is 0.160. The highest BCUT2D eigenvalue weighted by atomic mass is 16.3. The topological polar surface area (TPSA) is 50.4 Å². The fourth-order valence-corrected chi connectivity index (χ4v) is 0.822. The van der Waals surface area contributed by atoms with Crippen LogP contribution in [-0.4, -0.2) is 19.7 Å². The minimum absolute atomic E-state index is 0.160. The molecule has 0 saturated heterocycles. The van der Waals surface area contributed by atoms with Crippen LogP contribution < -0.4 is 0 Å². The molecule has 2 rings (SSSR count). The van der Waals surface area contributed by atoms with Gasteiger partial charge in [0.15, 0.2) is 5.75 Å². The molecule has 0 saturated carbocycles. The lowest BCUT2D eigenvalue weighted by atomic mass is 10.5. The lowest BCUT2D eigenvalue weighted by Gasteiger charge is -1.87. The number of hydrogen-bond acceptors (Lipinski definition) is 3. The van der Waals surface area contributed by atoms with E-state index in [1.807, 2.05) is 0 Å². The first-order valence-corrected chi connectivity index (χ1v) is 2.84. The zero-order valence-corrected chi connectivity index (χ0v) is 5.10. The molecule has 0 aliphatic carbocycles. The smallest absolute Gasteiger partial charge is 0.163 e. The number of hydrogen-bond donors (Lipinski definition) is 1. The van der Waals surface area contributed by atoms with Crippen LogP contribution in [0.15, 0.2) is 24.8 Å². The van der Waals surface area contributed by atoms with Gasteiger partial charge in [0.2, 0.25) is 0 Å². The van der Waals surface area contributed by atoms with Crippen molar-refractivity contribution in [3.63, 3.8) is 0 Å². The first kappa shape index (κ1) is 5.22. The van der Waals surface area contributed by atoms with Crippen molar-refractivity contribution in [1.29, 1.82) is 0 Å². The van der Waals surface area contributed by atoms with Gasteiger partial charge in [0, 0.05) is 12.4 Å². The molecule has 2 heterocycles. The molecule has 0 unspecified atom stereocenters. The molecule has 0 amide bonds. The van der Waals surface area contributed by atoms with Gasteiger partial charge in [0.1, 0.15) is 5.52 Å². The van der Waals surface area contributed by atoms with E-state index in [0.717, 1.165) is 0 Å². The van der Waals surface area contributed by atoms with E-state index in [0.29, 0.717) is 5.52 Å². The standard InChI is InChI=1S/C6H5N3O/c10-6-4-8-9-2-1-7-3-5(6)9/h1-4,10H. The van der Waals surface area contributed by atoms with Gasteiger partial charge < -0.3 is 5.11 Å². The molecule has 0 spiro atoms. The van der Waals surface area contributed by atoms with Crippen LogP contribution in [-0.2, 0) is 0 Å². The quantitative estimate of drug-likeness (QED) is 0.570. The fraction of sp³-hybridized carbons (Fsp3) is 0. The van der Waals surface area contributed by atoms with Crippen LogP contribution >= 0.6 is 0 Å². The fourth-order valence-electron chi connectivity index (χ4n) is 0.822. The van der Waals surface area contributed by atoms with Crippen molar-refractivity contribution >= 4 is 5.52 Å². The monoisotopic (exact) mass is 135 g/mol. The first-order valence-electron chi connectivity index (χ1n) is 2.84.